The largest absolute Gasteiger partial charge is 0.477 e. The molecule has 1 unspecified atom stereocenters. The molecule has 1 N–H and O–H groups in total. The summed E-state index contributed by atoms with van der Waals surface area (Å²) >= 11 is 0. The molecule has 5 nitrogen and oxygen atoms in total. The van der Waals surface area contributed by atoms with Crippen molar-refractivity contribution in [3.8, 4) is 0 Å². The van der Waals surface area contributed by atoms with Crippen molar-refractivity contribution in [1.29, 1.82) is 0 Å². The lowest BCUT2D eigenvalue weighted by atomic mass is 10.1. The third-order valence-electron chi connectivity index (χ3n) is 1.58. The van der Waals surface area contributed by atoms with Gasteiger partial charge in [0.1, 0.15) is 0 Å². The maximum Gasteiger partial charge on any atom is 0.416 e. The number of cyclic esters (lactones) is 1. The first-order chi connectivity index (χ1) is 5.34. The molecule has 1 heterocycles. The van der Waals surface area contributed by atoms with E-state index in [2.05, 4.69) is 4.74 Å². The first-order valence-electron chi connectivity index (χ1n) is 3.57. The number of carbonyl (C=O) groups is 2. The van der Waals surface area contributed by atoms with Gasteiger partial charge in [0.05, 0.1) is 0 Å². The fourth-order valence-electron chi connectivity index (χ4n) is 1.04. The van der Waals surface area contributed by atoms with Gasteiger partial charge in [-0.2, -0.15) is 0 Å². The molecule has 0 saturated carbocycles. The van der Waals surface area contributed by atoms with E-state index in [1.165, 1.54) is 4.90 Å². The second-order valence-corrected chi connectivity index (χ2v) is 3.62. The summed E-state index contributed by atoms with van der Waals surface area (Å²) in [6, 6.07) is 0. The van der Waals surface area contributed by atoms with E-state index in [1.807, 2.05) is 0 Å². The molecule has 1 aliphatic heterocycles. The lowest BCUT2D eigenvalue weighted by Gasteiger charge is -2.45. The zero-order valence-electron chi connectivity index (χ0n) is 7.20. The molecule has 12 heavy (non-hydrogen) atoms. The Kier molecular flexibility index (Phi) is 1.74. The molecule has 0 aromatic heterocycles. The number of carbonyl (C=O) groups excluding carboxylic acids is 1. The van der Waals surface area contributed by atoms with Crippen molar-refractivity contribution >= 4 is 12.1 Å². The summed E-state index contributed by atoms with van der Waals surface area (Å²) in [5.41, 5.74) is -0.502. The van der Waals surface area contributed by atoms with Crippen LogP contribution in [0.2, 0.25) is 0 Å². The van der Waals surface area contributed by atoms with Crippen LogP contribution in [0.3, 0.4) is 0 Å². The van der Waals surface area contributed by atoms with Crippen molar-refractivity contribution in [1.82, 2.24) is 4.90 Å². The number of rotatable bonds is 1. The van der Waals surface area contributed by atoms with E-state index in [0.717, 1.165) is 0 Å². The lowest BCUT2D eigenvalue weighted by Crippen LogP contribution is -2.65. The number of carboxylic acids is 1. The SMILES string of the molecule is CC(C)(C)N1C(=O)OC1C(=O)O. The number of hydrogen-bond acceptors (Lipinski definition) is 3. The van der Waals surface area contributed by atoms with Crippen LogP contribution in [0.1, 0.15) is 20.8 Å². The monoisotopic (exact) mass is 173 g/mol. The molecule has 0 aromatic rings. The molecule has 1 saturated heterocycles. The zero-order chi connectivity index (χ0) is 9.52. The first-order valence-corrected chi connectivity index (χ1v) is 3.57. The van der Waals surface area contributed by atoms with E-state index in [4.69, 9.17) is 5.11 Å². The van der Waals surface area contributed by atoms with Gasteiger partial charge in [-0.3, -0.25) is 4.90 Å². The smallest absolute Gasteiger partial charge is 0.416 e. The summed E-state index contributed by atoms with van der Waals surface area (Å²) in [6.45, 7) is 5.26. The Balaban J connectivity index is 2.75. The van der Waals surface area contributed by atoms with Crippen LogP contribution in [-0.4, -0.2) is 33.8 Å². The van der Waals surface area contributed by atoms with Gasteiger partial charge >= 0.3 is 12.1 Å². The van der Waals surface area contributed by atoms with Crippen LogP contribution in [0, 0.1) is 0 Å². The summed E-state index contributed by atoms with van der Waals surface area (Å²) in [6.07, 6.45) is -1.69. The van der Waals surface area contributed by atoms with Crippen molar-refractivity contribution in [2.45, 2.75) is 32.5 Å². The third-order valence-corrected chi connectivity index (χ3v) is 1.58. The van der Waals surface area contributed by atoms with Crippen LogP contribution in [0.4, 0.5) is 4.79 Å². The van der Waals surface area contributed by atoms with E-state index in [-0.39, 0.29) is 0 Å². The predicted molar refractivity (Wildman–Crippen MR) is 39.5 cm³/mol. The van der Waals surface area contributed by atoms with Crippen molar-refractivity contribution in [3.63, 3.8) is 0 Å². The summed E-state index contributed by atoms with van der Waals surface area (Å²) in [5, 5.41) is 8.57. The standard InChI is InChI=1S/C7H11NO4/c1-7(2,3)8-4(5(9)10)12-6(8)11/h4H,1-3H3,(H,9,10). The maximum absolute atomic E-state index is 10.8. The van der Waals surface area contributed by atoms with E-state index < -0.39 is 23.8 Å². The highest BCUT2D eigenvalue weighted by Gasteiger charge is 2.49. The van der Waals surface area contributed by atoms with Gasteiger partial charge in [0.15, 0.2) is 0 Å². The highest BCUT2D eigenvalue weighted by Crippen LogP contribution is 2.27. The highest BCUT2D eigenvalue weighted by molar-refractivity contribution is 5.86. The molecule has 1 rings (SSSR count). The van der Waals surface area contributed by atoms with Gasteiger partial charge in [0, 0.05) is 5.54 Å². The summed E-state index contributed by atoms with van der Waals surface area (Å²) in [4.78, 5) is 22.5. The van der Waals surface area contributed by atoms with E-state index >= 15 is 0 Å². The van der Waals surface area contributed by atoms with Gasteiger partial charge in [0.2, 0.25) is 0 Å². The average Bonchev–Trinajstić information content (AvgIpc) is 1.77. The minimum atomic E-state index is -1.13. The first kappa shape index (κ1) is 8.83. The fraction of sp³-hybridized carbons (Fsp3) is 0.714. The third kappa shape index (κ3) is 1.22. The van der Waals surface area contributed by atoms with Crippen molar-refractivity contribution in [3.05, 3.63) is 0 Å². The number of carboxylic acid groups (broad SMARTS) is 1. The Labute approximate surface area is 69.9 Å². The summed E-state index contributed by atoms with van der Waals surface area (Å²) in [5.74, 6) is -1.13. The van der Waals surface area contributed by atoms with Gasteiger partial charge in [-0.25, -0.2) is 9.59 Å². The normalized spacial score (nSPS) is 23.1. The van der Waals surface area contributed by atoms with Crippen LogP contribution >= 0.6 is 0 Å². The van der Waals surface area contributed by atoms with Gasteiger partial charge in [-0.1, -0.05) is 0 Å². The quantitative estimate of drug-likeness (QED) is 0.632. The van der Waals surface area contributed by atoms with Crippen LogP contribution < -0.4 is 0 Å². The number of ether oxygens (including phenoxy) is 1. The molecule has 1 aliphatic rings. The molecular formula is C7H11NO4. The number of hydrogen-bond donors (Lipinski definition) is 1. The van der Waals surface area contributed by atoms with Crippen molar-refractivity contribution < 1.29 is 19.4 Å². The van der Waals surface area contributed by atoms with Crippen LogP contribution in [0.25, 0.3) is 0 Å². The van der Waals surface area contributed by atoms with Crippen molar-refractivity contribution in [2.75, 3.05) is 0 Å². The van der Waals surface area contributed by atoms with Crippen molar-refractivity contribution in [2.24, 2.45) is 0 Å². The van der Waals surface area contributed by atoms with E-state index in [9.17, 15) is 9.59 Å². The predicted octanol–water partition coefficient (Wildman–Crippen LogP) is 0.648. The topological polar surface area (TPSA) is 66.8 Å². The number of aliphatic carboxylic acids is 1. The molecule has 5 heteroatoms. The molecule has 0 aliphatic carbocycles. The molecular weight excluding hydrogens is 162 g/mol. The van der Waals surface area contributed by atoms with Gasteiger partial charge in [0.25, 0.3) is 6.23 Å². The maximum atomic E-state index is 10.8. The number of nitrogens with zero attached hydrogens (tertiary/aromatic N) is 1. The second kappa shape index (κ2) is 2.36. The molecule has 0 bridgehead atoms. The van der Waals surface area contributed by atoms with Gasteiger partial charge < -0.3 is 9.84 Å². The molecule has 68 valence electrons. The van der Waals surface area contributed by atoms with Gasteiger partial charge in [-0.15, -0.1) is 0 Å². The molecule has 1 amide bonds. The Bertz CT molecular complexity index is 230. The summed E-state index contributed by atoms with van der Waals surface area (Å²) < 4.78 is 4.43. The minimum absolute atomic E-state index is 0.502. The molecule has 0 aromatic carbocycles. The Morgan fingerprint density at radius 2 is 2.08 bits per heavy atom. The summed E-state index contributed by atoms with van der Waals surface area (Å²) in [7, 11) is 0. The zero-order valence-corrected chi connectivity index (χ0v) is 7.20. The number of amides is 1. The lowest BCUT2D eigenvalue weighted by molar-refractivity contribution is -0.183. The van der Waals surface area contributed by atoms with Gasteiger partial charge in [-0.05, 0) is 20.8 Å². The molecule has 0 spiro atoms. The Morgan fingerprint density at radius 3 is 2.25 bits per heavy atom. The molecule has 1 atom stereocenters. The fourth-order valence-corrected chi connectivity index (χ4v) is 1.04. The van der Waals surface area contributed by atoms with Crippen LogP contribution in [0.5, 0.6) is 0 Å². The molecule has 0 radical (unpaired) electrons. The Morgan fingerprint density at radius 1 is 1.58 bits per heavy atom. The van der Waals surface area contributed by atoms with E-state index in [1.54, 1.807) is 20.8 Å². The van der Waals surface area contributed by atoms with Crippen LogP contribution in [0.15, 0.2) is 0 Å². The highest BCUT2D eigenvalue weighted by atomic mass is 16.6. The van der Waals surface area contributed by atoms with E-state index in [0.29, 0.717) is 0 Å². The second-order valence-electron chi connectivity index (χ2n) is 3.62. The average molecular weight is 173 g/mol. The Hall–Kier alpha value is -1.26. The molecule has 1 fully saturated rings. The van der Waals surface area contributed by atoms with Crippen LogP contribution in [-0.2, 0) is 9.53 Å². The minimum Gasteiger partial charge on any atom is -0.477 e.